The van der Waals surface area contributed by atoms with Crippen LogP contribution in [0.3, 0.4) is 0 Å². The summed E-state index contributed by atoms with van der Waals surface area (Å²) >= 11 is 3.30. The predicted molar refractivity (Wildman–Crippen MR) is 93.3 cm³/mol. The van der Waals surface area contributed by atoms with Gasteiger partial charge in [0.25, 0.3) is 0 Å². The van der Waals surface area contributed by atoms with Gasteiger partial charge in [-0.1, -0.05) is 15.9 Å². The molecule has 23 heavy (non-hydrogen) atoms. The predicted octanol–water partition coefficient (Wildman–Crippen LogP) is 1.57. The first-order valence-corrected chi connectivity index (χ1v) is 10.1. The molecule has 0 spiro atoms. The van der Waals surface area contributed by atoms with Crippen LogP contribution < -0.4 is 5.32 Å². The fourth-order valence-electron chi connectivity index (χ4n) is 2.45. The van der Waals surface area contributed by atoms with Crippen LogP contribution in [0.1, 0.15) is 6.92 Å². The van der Waals surface area contributed by atoms with Gasteiger partial charge in [-0.15, -0.1) is 0 Å². The summed E-state index contributed by atoms with van der Waals surface area (Å²) in [4.78, 5) is 15.9. The van der Waals surface area contributed by atoms with Crippen LogP contribution in [0.4, 0.5) is 4.79 Å². The van der Waals surface area contributed by atoms with Crippen molar-refractivity contribution in [3.8, 4) is 0 Å². The third-order valence-electron chi connectivity index (χ3n) is 3.84. The minimum Gasteiger partial charge on any atom is -0.338 e. The molecule has 0 radical (unpaired) electrons. The average Bonchev–Trinajstić information content (AvgIpc) is 2.54. The second kappa shape index (κ2) is 8.12. The Kier molecular flexibility index (Phi) is 6.43. The zero-order valence-corrected chi connectivity index (χ0v) is 15.6. The van der Waals surface area contributed by atoms with E-state index in [4.69, 9.17) is 0 Å². The number of carbonyl (C=O) groups excluding carboxylic acids is 1. The van der Waals surface area contributed by atoms with Gasteiger partial charge in [-0.25, -0.2) is 13.2 Å². The number of nitrogens with zero attached hydrogens (tertiary/aromatic N) is 2. The number of sulfone groups is 1. The maximum Gasteiger partial charge on any atom is 0.317 e. The lowest BCUT2D eigenvalue weighted by Gasteiger charge is -2.34. The minimum atomic E-state index is -3.27. The number of halogens is 1. The molecule has 0 saturated carbocycles. The highest BCUT2D eigenvalue weighted by atomic mass is 79.9. The van der Waals surface area contributed by atoms with E-state index in [1.54, 1.807) is 29.2 Å². The monoisotopic (exact) mass is 403 g/mol. The molecular formula is C15H22BrN3O3S. The first kappa shape index (κ1) is 18.2. The molecule has 1 heterocycles. The number of urea groups is 1. The highest BCUT2D eigenvalue weighted by molar-refractivity contribution is 9.10. The molecule has 2 amide bonds. The molecule has 0 bridgehead atoms. The maximum atomic E-state index is 12.3. The van der Waals surface area contributed by atoms with Crippen molar-refractivity contribution in [2.24, 2.45) is 0 Å². The number of carbonyl (C=O) groups is 1. The second-order valence-electron chi connectivity index (χ2n) is 5.44. The fourth-order valence-corrected chi connectivity index (χ4v) is 4.00. The van der Waals surface area contributed by atoms with Gasteiger partial charge in [0.05, 0.1) is 10.6 Å². The molecule has 1 saturated heterocycles. The molecule has 2 rings (SSSR count). The van der Waals surface area contributed by atoms with Crippen molar-refractivity contribution in [2.45, 2.75) is 11.8 Å². The molecule has 1 fully saturated rings. The fraction of sp³-hybridized carbons (Fsp3) is 0.533. The Morgan fingerprint density at radius 2 is 1.78 bits per heavy atom. The topological polar surface area (TPSA) is 69.7 Å². The standard InChI is InChI=1S/C15H22BrN3O3S/c1-2-17-15(20)19-9-7-18(8-10-19)11-12-23(21,22)14-5-3-13(16)4-6-14/h3-6H,2,7-12H2,1H3,(H,17,20). The molecule has 1 N–H and O–H groups in total. The van der Waals surface area contributed by atoms with Gasteiger partial charge < -0.3 is 10.2 Å². The molecule has 6 nitrogen and oxygen atoms in total. The molecule has 0 unspecified atom stereocenters. The summed E-state index contributed by atoms with van der Waals surface area (Å²) < 4.78 is 25.5. The van der Waals surface area contributed by atoms with Gasteiger partial charge >= 0.3 is 6.03 Å². The molecule has 128 valence electrons. The van der Waals surface area contributed by atoms with E-state index in [1.165, 1.54) is 0 Å². The zero-order valence-electron chi connectivity index (χ0n) is 13.2. The quantitative estimate of drug-likeness (QED) is 0.809. The van der Waals surface area contributed by atoms with Crippen LogP contribution in [0.2, 0.25) is 0 Å². The van der Waals surface area contributed by atoms with Gasteiger partial charge in [0.1, 0.15) is 0 Å². The van der Waals surface area contributed by atoms with Crippen LogP contribution in [0.25, 0.3) is 0 Å². The van der Waals surface area contributed by atoms with E-state index < -0.39 is 9.84 Å². The Bertz CT molecular complexity index is 626. The normalized spacial score (nSPS) is 16.3. The summed E-state index contributed by atoms with van der Waals surface area (Å²) in [5.74, 6) is 0.0930. The Morgan fingerprint density at radius 1 is 1.17 bits per heavy atom. The Hall–Kier alpha value is -1.12. The minimum absolute atomic E-state index is 0.0466. The molecule has 1 aliphatic heterocycles. The Labute approximate surface area is 145 Å². The largest absolute Gasteiger partial charge is 0.338 e. The third-order valence-corrected chi connectivity index (χ3v) is 6.08. The number of amides is 2. The maximum absolute atomic E-state index is 12.3. The van der Waals surface area contributed by atoms with E-state index in [0.717, 1.165) is 4.47 Å². The molecule has 1 aliphatic rings. The molecule has 1 aromatic rings. The number of hydrogen-bond acceptors (Lipinski definition) is 4. The lowest BCUT2D eigenvalue weighted by atomic mass is 10.3. The number of rotatable bonds is 5. The Balaban J connectivity index is 1.83. The lowest BCUT2D eigenvalue weighted by Crippen LogP contribution is -2.52. The summed E-state index contributed by atoms with van der Waals surface area (Å²) in [7, 11) is -3.27. The number of hydrogen-bond donors (Lipinski definition) is 1. The summed E-state index contributed by atoms with van der Waals surface area (Å²) in [5, 5.41) is 2.78. The molecule has 8 heteroatoms. The van der Waals surface area contributed by atoms with Crippen molar-refractivity contribution in [2.75, 3.05) is 45.0 Å². The van der Waals surface area contributed by atoms with E-state index in [2.05, 4.69) is 26.1 Å². The van der Waals surface area contributed by atoms with E-state index in [0.29, 0.717) is 44.2 Å². The van der Waals surface area contributed by atoms with Crippen LogP contribution in [0.15, 0.2) is 33.6 Å². The first-order valence-electron chi connectivity index (χ1n) is 7.66. The van der Waals surface area contributed by atoms with E-state index in [-0.39, 0.29) is 11.8 Å². The van der Waals surface area contributed by atoms with Crippen molar-refractivity contribution < 1.29 is 13.2 Å². The summed E-state index contributed by atoms with van der Waals surface area (Å²) in [6, 6.07) is 6.66. The van der Waals surface area contributed by atoms with Crippen molar-refractivity contribution in [3.63, 3.8) is 0 Å². The van der Waals surface area contributed by atoms with Crippen LogP contribution >= 0.6 is 15.9 Å². The smallest absolute Gasteiger partial charge is 0.317 e. The third kappa shape index (κ3) is 5.19. The highest BCUT2D eigenvalue weighted by Gasteiger charge is 2.22. The Morgan fingerprint density at radius 3 is 2.35 bits per heavy atom. The van der Waals surface area contributed by atoms with Crippen molar-refractivity contribution in [1.29, 1.82) is 0 Å². The summed E-state index contributed by atoms with van der Waals surface area (Å²) in [6.45, 7) is 5.65. The first-order chi connectivity index (χ1) is 10.9. The molecular weight excluding hydrogens is 382 g/mol. The number of benzene rings is 1. The highest BCUT2D eigenvalue weighted by Crippen LogP contribution is 2.16. The van der Waals surface area contributed by atoms with Crippen molar-refractivity contribution in [1.82, 2.24) is 15.1 Å². The van der Waals surface area contributed by atoms with Gasteiger partial charge in [-0.05, 0) is 31.2 Å². The summed E-state index contributed by atoms with van der Waals surface area (Å²) in [6.07, 6.45) is 0. The zero-order chi connectivity index (χ0) is 16.9. The number of piperazine rings is 1. The molecule has 1 aromatic carbocycles. The van der Waals surface area contributed by atoms with Crippen LogP contribution in [0, 0.1) is 0 Å². The molecule has 0 aliphatic carbocycles. The summed E-state index contributed by atoms with van der Waals surface area (Å²) in [5.41, 5.74) is 0. The SMILES string of the molecule is CCNC(=O)N1CCN(CCS(=O)(=O)c2ccc(Br)cc2)CC1. The van der Waals surface area contributed by atoms with E-state index in [9.17, 15) is 13.2 Å². The van der Waals surface area contributed by atoms with Crippen LogP contribution in [-0.4, -0.2) is 69.3 Å². The second-order valence-corrected chi connectivity index (χ2v) is 8.46. The number of nitrogens with one attached hydrogen (secondary N) is 1. The van der Waals surface area contributed by atoms with Crippen molar-refractivity contribution in [3.05, 3.63) is 28.7 Å². The van der Waals surface area contributed by atoms with E-state index in [1.807, 2.05) is 6.92 Å². The van der Waals surface area contributed by atoms with Crippen molar-refractivity contribution >= 4 is 31.8 Å². The molecule has 0 aromatic heterocycles. The van der Waals surface area contributed by atoms with Gasteiger partial charge in [0.2, 0.25) is 0 Å². The van der Waals surface area contributed by atoms with Gasteiger partial charge in [-0.2, -0.15) is 0 Å². The molecule has 0 atom stereocenters. The van der Waals surface area contributed by atoms with Crippen LogP contribution in [0.5, 0.6) is 0 Å². The van der Waals surface area contributed by atoms with Gasteiger partial charge in [0.15, 0.2) is 9.84 Å². The van der Waals surface area contributed by atoms with Crippen LogP contribution in [-0.2, 0) is 9.84 Å². The van der Waals surface area contributed by atoms with Gasteiger partial charge in [-0.3, -0.25) is 4.90 Å². The average molecular weight is 404 g/mol. The van der Waals surface area contributed by atoms with Gasteiger partial charge in [0, 0.05) is 43.7 Å². The van der Waals surface area contributed by atoms with E-state index >= 15 is 0 Å². The lowest BCUT2D eigenvalue weighted by molar-refractivity contribution is 0.143.